The lowest BCUT2D eigenvalue weighted by Gasteiger charge is -2.19. The summed E-state index contributed by atoms with van der Waals surface area (Å²) in [7, 11) is 0. The molecule has 0 spiro atoms. The van der Waals surface area contributed by atoms with E-state index in [0.29, 0.717) is 0 Å². The van der Waals surface area contributed by atoms with E-state index in [0.717, 1.165) is 64.7 Å². The first-order valence-corrected chi connectivity index (χ1v) is 7.61. The molecule has 0 amide bonds. The lowest BCUT2D eigenvalue weighted by atomic mass is 10.2. The van der Waals surface area contributed by atoms with Gasteiger partial charge in [0.2, 0.25) is 0 Å². The van der Waals surface area contributed by atoms with Crippen molar-refractivity contribution in [2.24, 2.45) is 0 Å². The van der Waals surface area contributed by atoms with E-state index in [-0.39, 0.29) is 0 Å². The molecule has 1 aromatic rings. The van der Waals surface area contributed by atoms with Gasteiger partial charge in [0.25, 0.3) is 0 Å². The number of para-hydroxylation sites is 1. The van der Waals surface area contributed by atoms with E-state index in [1.54, 1.807) is 0 Å². The summed E-state index contributed by atoms with van der Waals surface area (Å²) in [4.78, 5) is 2.42. The minimum absolute atomic E-state index is 0.739. The molecule has 20 heavy (non-hydrogen) atoms. The molecule has 0 saturated carbocycles. The Morgan fingerprint density at radius 2 is 2.15 bits per heavy atom. The Labute approximate surface area is 122 Å². The van der Waals surface area contributed by atoms with E-state index < -0.39 is 0 Å². The molecular weight excluding hydrogens is 252 g/mol. The van der Waals surface area contributed by atoms with E-state index in [1.165, 1.54) is 5.56 Å². The van der Waals surface area contributed by atoms with Gasteiger partial charge in [-0.3, -0.25) is 4.90 Å². The van der Waals surface area contributed by atoms with Gasteiger partial charge in [0.1, 0.15) is 12.4 Å². The van der Waals surface area contributed by atoms with Crippen molar-refractivity contribution in [3.05, 3.63) is 29.8 Å². The molecule has 2 rings (SSSR count). The van der Waals surface area contributed by atoms with Crippen LogP contribution in [0.4, 0.5) is 0 Å². The summed E-state index contributed by atoms with van der Waals surface area (Å²) >= 11 is 0. The van der Waals surface area contributed by atoms with Gasteiger partial charge in [0, 0.05) is 38.3 Å². The average molecular weight is 278 g/mol. The fraction of sp³-hybridized carbons (Fsp3) is 0.625. The van der Waals surface area contributed by atoms with Crippen molar-refractivity contribution in [1.29, 1.82) is 0 Å². The average Bonchev–Trinajstić information content (AvgIpc) is 2.75. The molecule has 1 aliphatic rings. The van der Waals surface area contributed by atoms with Gasteiger partial charge in [-0.1, -0.05) is 25.1 Å². The normalized spacial score (nSPS) is 16.9. The fourth-order valence-electron chi connectivity index (χ4n) is 2.36. The first kappa shape index (κ1) is 15.3. The maximum Gasteiger partial charge on any atom is 0.123 e. The molecule has 0 bridgehead atoms. The SMILES string of the molecule is CCNCc1ccccc1OCCN1CCCOCC1. The second-order valence-corrected chi connectivity index (χ2v) is 5.04. The molecule has 1 heterocycles. The first-order valence-electron chi connectivity index (χ1n) is 7.61. The van der Waals surface area contributed by atoms with Gasteiger partial charge >= 0.3 is 0 Å². The van der Waals surface area contributed by atoms with Crippen LogP contribution in [-0.2, 0) is 11.3 Å². The quantitative estimate of drug-likeness (QED) is 0.826. The largest absolute Gasteiger partial charge is 0.492 e. The van der Waals surface area contributed by atoms with Gasteiger partial charge in [-0.05, 0) is 19.0 Å². The summed E-state index contributed by atoms with van der Waals surface area (Å²) in [5, 5.41) is 3.35. The van der Waals surface area contributed by atoms with Crippen molar-refractivity contribution in [3.63, 3.8) is 0 Å². The van der Waals surface area contributed by atoms with Crippen LogP contribution < -0.4 is 10.1 Å². The first-order chi connectivity index (χ1) is 9.90. The number of nitrogens with one attached hydrogen (secondary N) is 1. The second-order valence-electron chi connectivity index (χ2n) is 5.04. The number of hydrogen-bond acceptors (Lipinski definition) is 4. The summed E-state index contributed by atoms with van der Waals surface area (Å²) in [6.07, 6.45) is 1.12. The van der Waals surface area contributed by atoms with Crippen molar-refractivity contribution in [2.45, 2.75) is 19.9 Å². The van der Waals surface area contributed by atoms with Crippen LogP contribution in [0.1, 0.15) is 18.9 Å². The van der Waals surface area contributed by atoms with E-state index in [1.807, 2.05) is 6.07 Å². The highest BCUT2D eigenvalue weighted by molar-refractivity contribution is 5.33. The van der Waals surface area contributed by atoms with E-state index >= 15 is 0 Å². The summed E-state index contributed by atoms with van der Waals surface area (Å²) in [6, 6.07) is 8.27. The third-order valence-corrected chi connectivity index (χ3v) is 3.52. The predicted molar refractivity (Wildman–Crippen MR) is 81.2 cm³/mol. The monoisotopic (exact) mass is 278 g/mol. The predicted octanol–water partition coefficient (Wildman–Crippen LogP) is 1.90. The molecule has 0 unspecified atom stereocenters. The van der Waals surface area contributed by atoms with Crippen LogP contribution in [0.25, 0.3) is 0 Å². The van der Waals surface area contributed by atoms with Gasteiger partial charge in [-0.2, -0.15) is 0 Å². The molecule has 112 valence electrons. The van der Waals surface area contributed by atoms with E-state index in [4.69, 9.17) is 9.47 Å². The maximum absolute atomic E-state index is 5.96. The third-order valence-electron chi connectivity index (χ3n) is 3.52. The van der Waals surface area contributed by atoms with Crippen molar-refractivity contribution in [2.75, 3.05) is 46.0 Å². The molecule has 1 fully saturated rings. The van der Waals surface area contributed by atoms with Crippen LogP contribution >= 0.6 is 0 Å². The lowest BCUT2D eigenvalue weighted by Crippen LogP contribution is -2.30. The Morgan fingerprint density at radius 3 is 3.05 bits per heavy atom. The Hall–Kier alpha value is -1.10. The fourth-order valence-corrected chi connectivity index (χ4v) is 2.36. The van der Waals surface area contributed by atoms with Gasteiger partial charge < -0.3 is 14.8 Å². The zero-order valence-electron chi connectivity index (χ0n) is 12.4. The molecule has 1 saturated heterocycles. The molecule has 0 aliphatic carbocycles. The van der Waals surface area contributed by atoms with Crippen molar-refractivity contribution >= 4 is 0 Å². The Kier molecular flexibility index (Phi) is 6.84. The molecule has 4 nitrogen and oxygen atoms in total. The van der Waals surface area contributed by atoms with Crippen molar-refractivity contribution in [3.8, 4) is 5.75 Å². The van der Waals surface area contributed by atoms with Gasteiger partial charge in [0.15, 0.2) is 0 Å². The molecule has 1 aromatic carbocycles. The Bertz CT molecular complexity index is 376. The van der Waals surface area contributed by atoms with E-state index in [2.05, 4.69) is 35.3 Å². The third kappa shape index (κ3) is 5.12. The topological polar surface area (TPSA) is 33.7 Å². The molecule has 0 radical (unpaired) electrons. The molecule has 0 atom stereocenters. The number of benzene rings is 1. The minimum Gasteiger partial charge on any atom is -0.492 e. The number of hydrogen-bond donors (Lipinski definition) is 1. The minimum atomic E-state index is 0.739. The van der Waals surface area contributed by atoms with E-state index in [9.17, 15) is 0 Å². The Morgan fingerprint density at radius 1 is 1.25 bits per heavy atom. The summed E-state index contributed by atoms with van der Waals surface area (Å²) in [6.45, 7) is 9.53. The lowest BCUT2D eigenvalue weighted by molar-refractivity contribution is 0.137. The highest BCUT2D eigenvalue weighted by Crippen LogP contribution is 2.17. The molecule has 1 N–H and O–H groups in total. The molecule has 4 heteroatoms. The number of nitrogens with zero attached hydrogens (tertiary/aromatic N) is 1. The van der Waals surface area contributed by atoms with Crippen molar-refractivity contribution < 1.29 is 9.47 Å². The van der Waals surface area contributed by atoms with Crippen molar-refractivity contribution in [1.82, 2.24) is 10.2 Å². The highest BCUT2D eigenvalue weighted by Gasteiger charge is 2.09. The molecule has 0 aromatic heterocycles. The van der Waals surface area contributed by atoms with Crippen LogP contribution in [0.2, 0.25) is 0 Å². The van der Waals surface area contributed by atoms with Gasteiger partial charge in [-0.25, -0.2) is 0 Å². The highest BCUT2D eigenvalue weighted by atomic mass is 16.5. The van der Waals surface area contributed by atoms with Crippen LogP contribution in [0, 0.1) is 0 Å². The number of ether oxygens (including phenoxy) is 2. The van der Waals surface area contributed by atoms with Crippen LogP contribution in [-0.4, -0.2) is 50.9 Å². The van der Waals surface area contributed by atoms with Crippen LogP contribution in [0.5, 0.6) is 5.75 Å². The van der Waals surface area contributed by atoms with Crippen LogP contribution in [0.3, 0.4) is 0 Å². The summed E-state index contributed by atoms with van der Waals surface area (Å²) < 4.78 is 11.4. The standard InChI is InChI=1S/C16H26N2O2/c1-2-17-14-15-6-3-4-7-16(15)20-13-10-18-8-5-11-19-12-9-18/h3-4,6-7,17H,2,5,8-14H2,1H3. The summed E-state index contributed by atoms with van der Waals surface area (Å²) in [5.41, 5.74) is 1.23. The second kappa shape index (κ2) is 8.95. The zero-order chi connectivity index (χ0) is 14.0. The molecular formula is C16H26N2O2. The van der Waals surface area contributed by atoms with Gasteiger partial charge in [0.05, 0.1) is 6.61 Å². The zero-order valence-corrected chi connectivity index (χ0v) is 12.4. The molecule has 1 aliphatic heterocycles. The maximum atomic E-state index is 5.96. The van der Waals surface area contributed by atoms with Crippen LogP contribution in [0.15, 0.2) is 24.3 Å². The summed E-state index contributed by atoms with van der Waals surface area (Å²) in [5.74, 6) is 1.000. The van der Waals surface area contributed by atoms with Gasteiger partial charge in [-0.15, -0.1) is 0 Å². The Balaban J connectivity index is 1.77. The smallest absolute Gasteiger partial charge is 0.123 e. The number of rotatable bonds is 7.